The first-order chi connectivity index (χ1) is 15.4. The molecular formula is C25H30N2O5S. The summed E-state index contributed by atoms with van der Waals surface area (Å²) in [6.45, 7) is 10.3. The molecule has 2 N–H and O–H groups in total. The molecule has 0 aliphatic carbocycles. The highest BCUT2D eigenvalue weighted by Crippen LogP contribution is 2.26. The van der Waals surface area contributed by atoms with Gasteiger partial charge in [-0.1, -0.05) is 52.8 Å². The Morgan fingerprint density at radius 1 is 1.12 bits per heavy atom. The Morgan fingerprint density at radius 2 is 1.79 bits per heavy atom. The monoisotopic (exact) mass is 470 g/mol. The van der Waals surface area contributed by atoms with Gasteiger partial charge in [0.05, 0.1) is 16.2 Å². The number of carboxylic acids is 1. The summed E-state index contributed by atoms with van der Waals surface area (Å²) in [6, 6.07) is 12.2. The largest absolute Gasteiger partial charge is 0.478 e. The summed E-state index contributed by atoms with van der Waals surface area (Å²) in [7, 11) is -3.86. The molecule has 0 atom stereocenters. The molecule has 1 aromatic heterocycles. The number of nitrogens with zero attached hydrogens (tertiary/aromatic N) is 1. The minimum Gasteiger partial charge on any atom is -0.478 e. The zero-order valence-electron chi connectivity index (χ0n) is 19.5. The van der Waals surface area contributed by atoms with Crippen molar-refractivity contribution in [2.24, 2.45) is 0 Å². The fourth-order valence-electron chi connectivity index (χ4n) is 3.46. The summed E-state index contributed by atoms with van der Waals surface area (Å²) in [6.07, 6.45) is 1.85. The van der Waals surface area contributed by atoms with Gasteiger partial charge < -0.3 is 9.52 Å². The SMILES string of the molecule is CC(C)c1ccc(S(=O)(=O)NCCc2coc(-c3ccc(C(C)(C)C)cc3)n2)cc1C(=O)O. The molecule has 0 unspecified atom stereocenters. The average molecular weight is 471 g/mol. The lowest BCUT2D eigenvalue weighted by Gasteiger charge is -2.18. The molecule has 0 saturated carbocycles. The Kier molecular flexibility index (Phi) is 7.09. The Hall–Kier alpha value is -2.97. The molecule has 0 radical (unpaired) electrons. The molecule has 2 aromatic carbocycles. The molecule has 1 heterocycles. The highest BCUT2D eigenvalue weighted by atomic mass is 32.2. The Balaban J connectivity index is 1.67. The number of rotatable bonds is 8. The average Bonchev–Trinajstić information content (AvgIpc) is 3.21. The van der Waals surface area contributed by atoms with Gasteiger partial charge in [-0.25, -0.2) is 22.9 Å². The predicted molar refractivity (Wildman–Crippen MR) is 127 cm³/mol. The van der Waals surface area contributed by atoms with E-state index in [0.717, 1.165) is 5.56 Å². The molecule has 8 heteroatoms. The van der Waals surface area contributed by atoms with E-state index in [-0.39, 0.29) is 28.3 Å². The van der Waals surface area contributed by atoms with E-state index < -0.39 is 16.0 Å². The standard InChI is InChI=1S/C25H30N2O5S/c1-16(2)21-11-10-20(14-22(21)24(28)29)33(30,31)26-13-12-19-15-32-23(27-19)17-6-8-18(9-7-17)25(3,4)5/h6-11,14-16,26H,12-13H2,1-5H3,(H,28,29). The fraction of sp³-hybridized carbons (Fsp3) is 0.360. The minimum atomic E-state index is -3.86. The Morgan fingerprint density at radius 3 is 2.36 bits per heavy atom. The Bertz CT molecular complexity index is 1240. The van der Waals surface area contributed by atoms with Crippen LogP contribution in [0.1, 0.15) is 67.7 Å². The quantitative estimate of drug-likeness (QED) is 0.480. The number of aromatic nitrogens is 1. The van der Waals surface area contributed by atoms with Crippen LogP contribution < -0.4 is 4.72 Å². The minimum absolute atomic E-state index is 0.00787. The maximum Gasteiger partial charge on any atom is 0.336 e. The molecule has 0 aliphatic heterocycles. The van der Waals surface area contributed by atoms with Crippen molar-refractivity contribution in [1.29, 1.82) is 0 Å². The second kappa shape index (κ2) is 9.49. The van der Waals surface area contributed by atoms with Crippen LogP contribution in [0.5, 0.6) is 0 Å². The molecule has 0 bridgehead atoms. The summed E-state index contributed by atoms with van der Waals surface area (Å²) in [5.74, 6) is -0.711. The highest BCUT2D eigenvalue weighted by molar-refractivity contribution is 7.89. The van der Waals surface area contributed by atoms with Gasteiger partial charge in [0.15, 0.2) is 0 Å². The first-order valence-electron chi connectivity index (χ1n) is 10.8. The van der Waals surface area contributed by atoms with E-state index in [1.807, 2.05) is 38.1 Å². The molecule has 7 nitrogen and oxygen atoms in total. The smallest absolute Gasteiger partial charge is 0.336 e. The van der Waals surface area contributed by atoms with Gasteiger partial charge in [0, 0.05) is 18.5 Å². The van der Waals surface area contributed by atoms with E-state index in [0.29, 0.717) is 23.6 Å². The lowest BCUT2D eigenvalue weighted by molar-refractivity contribution is 0.0695. The van der Waals surface area contributed by atoms with E-state index in [4.69, 9.17) is 4.42 Å². The van der Waals surface area contributed by atoms with Crippen LogP contribution in [0.4, 0.5) is 0 Å². The summed E-state index contributed by atoms with van der Waals surface area (Å²) < 4.78 is 33.4. The van der Waals surface area contributed by atoms with Crippen LogP contribution in [-0.4, -0.2) is 31.0 Å². The zero-order chi connectivity index (χ0) is 24.4. The van der Waals surface area contributed by atoms with Gasteiger partial charge in [0.2, 0.25) is 15.9 Å². The van der Waals surface area contributed by atoms with E-state index in [1.54, 1.807) is 6.07 Å². The molecule has 0 spiro atoms. The second-order valence-corrected chi connectivity index (χ2v) is 11.1. The molecule has 0 amide bonds. The molecule has 3 aromatic rings. The third-order valence-corrected chi connectivity index (χ3v) is 6.87. The predicted octanol–water partition coefficient (Wildman–Crippen LogP) is 4.98. The number of hydrogen-bond donors (Lipinski definition) is 2. The summed E-state index contributed by atoms with van der Waals surface area (Å²) >= 11 is 0. The molecule has 33 heavy (non-hydrogen) atoms. The van der Waals surface area contributed by atoms with Crippen LogP contribution in [0.3, 0.4) is 0 Å². The molecule has 0 fully saturated rings. The number of aromatic carboxylic acids is 1. The van der Waals surface area contributed by atoms with Crippen molar-refractivity contribution in [2.45, 2.75) is 57.3 Å². The van der Waals surface area contributed by atoms with Crippen molar-refractivity contribution in [3.8, 4) is 11.5 Å². The molecule has 3 rings (SSSR count). The van der Waals surface area contributed by atoms with Crippen molar-refractivity contribution in [3.63, 3.8) is 0 Å². The van der Waals surface area contributed by atoms with Crippen molar-refractivity contribution in [1.82, 2.24) is 9.71 Å². The van der Waals surface area contributed by atoms with Crippen molar-refractivity contribution >= 4 is 16.0 Å². The van der Waals surface area contributed by atoms with Crippen LogP contribution in [0, 0.1) is 0 Å². The number of carbonyl (C=O) groups is 1. The Labute approximate surface area is 194 Å². The van der Waals surface area contributed by atoms with Crippen LogP contribution in [0.2, 0.25) is 0 Å². The second-order valence-electron chi connectivity index (χ2n) is 9.33. The van der Waals surface area contributed by atoms with Gasteiger partial charge in [-0.15, -0.1) is 0 Å². The van der Waals surface area contributed by atoms with Gasteiger partial charge in [0.25, 0.3) is 0 Å². The third-order valence-electron chi connectivity index (χ3n) is 5.41. The van der Waals surface area contributed by atoms with E-state index >= 15 is 0 Å². The summed E-state index contributed by atoms with van der Waals surface area (Å²) in [4.78, 5) is 15.9. The van der Waals surface area contributed by atoms with Crippen molar-refractivity contribution in [3.05, 3.63) is 71.1 Å². The van der Waals surface area contributed by atoms with Gasteiger partial charge >= 0.3 is 5.97 Å². The number of carboxylic acid groups (broad SMARTS) is 1. The molecular weight excluding hydrogens is 440 g/mol. The van der Waals surface area contributed by atoms with Crippen LogP contribution in [0.15, 0.2) is 58.0 Å². The lowest BCUT2D eigenvalue weighted by Crippen LogP contribution is -2.26. The molecule has 0 aliphatic rings. The van der Waals surface area contributed by atoms with Crippen LogP contribution in [0.25, 0.3) is 11.5 Å². The fourth-order valence-corrected chi connectivity index (χ4v) is 4.51. The van der Waals surface area contributed by atoms with Crippen molar-refractivity contribution in [2.75, 3.05) is 6.54 Å². The number of oxazole rings is 1. The van der Waals surface area contributed by atoms with E-state index in [9.17, 15) is 18.3 Å². The van der Waals surface area contributed by atoms with Crippen LogP contribution >= 0.6 is 0 Å². The summed E-state index contributed by atoms with van der Waals surface area (Å²) in [5, 5.41) is 9.45. The third kappa shape index (κ3) is 5.89. The number of sulfonamides is 1. The van der Waals surface area contributed by atoms with E-state index in [1.165, 1.54) is 24.0 Å². The lowest BCUT2D eigenvalue weighted by atomic mass is 9.87. The first kappa shape index (κ1) is 24.7. The molecule has 0 saturated heterocycles. The maximum atomic E-state index is 12.7. The van der Waals surface area contributed by atoms with Crippen LogP contribution in [-0.2, 0) is 21.9 Å². The van der Waals surface area contributed by atoms with Gasteiger partial charge in [-0.3, -0.25) is 0 Å². The molecule has 176 valence electrons. The zero-order valence-corrected chi connectivity index (χ0v) is 20.4. The van der Waals surface area contributed by atoms with Gasteiger partial charge in [0.1, 0.15) is 6.26 Å². The van der Waals surface area contributed by atoms with Crippen molar-refractivity contribution < 1.29 is 22.7 Å². The normalized spacial score (nSPS) is 12.3. The number of benzene rings is 2. The van der Waals surface area contributed by atoms with Gasteiger partial charge in [-0.2, -0.15) is 0 Å². The topological polar surface area (TPSA) is 110 Å². The highest BCUT2D eigenvalue weighted by Gasteiger charge is 2.20. The van der Waals surface area contributed by atoms with Gasteiger partial charge in [-0.05, 0) is 46.7 Å². The maximum absolute atomic E-state index is 12.7. The number of nitrogens with one attached hydrogen (secondary N) is 1. The summed E-state index contributed by atoms with van der Waals surface area (Å²) in [5.41, 5.74) is 3.31. The van der Waals surface area contributed by atoms with E-state index in [2.05, 4.69) is 30.5 Å². The first-order valence-corrected chi connectivity index (χ1v) is 12.3. The number of hydrogen-bond acceptors (Lipinski definition) is 5.